The number of hydrogen-bond acceptors (Lipinski definition) is 5. The molecule has 0 saturated carbocycles. The molecule has 0 amide bonds. The molecule has 0 spiro atoms. The Kier molecular flexibility index (Phi) is 5.90. The van der Waals surface area contributed by atoms with Gasteiger partial charge in [-0.05, 0) is 39.2 Å². The van der Waals surface area contributed by atoms with Crippen LogP contribution in [-0.4, -0.2) is 29.0 Å². The van der Waals surface area contributed by atoms with Crippen LogP contribution in [0.5, 0.6) is 5.88 Å². The summed E-state index contributed by atoms with van der Waals surface area (Å²) in [5.41, 5.74) is 2.09. The van der Waals surface area contributed by atoms with E-state index in [-0.39, 0.29) is 5.60 Å². The van der Waals surface area contributed by atoms with E-state index in [1.807, 2.05) is 34.6 Å². The molecule has 0 unspecified atom stereocenters. The minimum atomic E-state index is -0.201. The van der Waals surface area contributed by atoms with Crippen molar-refractivity contribution < 1.29 is 9.47 Å². The second-order valence-electron chi connectivity index (χ2n) is 5.43. The highest BCUT2D eigenvalue weighted by atomic mass is 16.5. The van der Waals surface area contributed by atoms with Gasteiger partial charge in [0.1, 0.15) is 18.2 Å². The average molecular weight is 277 g/mol. The lowest BCUT2D eigenvalue weighted by atomic mass is 10.0. The molecule has 1 heterocycles. The molecule has 110 valence electrons. The molecule has 0 bridgehead atoms. The molecule has 0 atom stereocenters. The maximum Gasteiger partial charge on any atom is 0.251 e. The third kappa shape index (κ3) is 4.46. The van der Waals surface area contributed by atoms with Gasteiger partial charge in [0, 0.05) is 0 Å². The Morgan fingerprint density at radius 3 is 2.30 bits per heavy atom. The van der Waals surface area contributed by atoms with Crippen molar-refractivity contribution in [1.82, 2.24) is 10.2 Å². The quantitative estimate of drug-likeness (QED) is 0.748. The maximum atomic E-state index is 9.31. The second-order valence-corrected chi connectivity index (χ2v) is 5.43. The van der Waals surface area contributed by atoms with Crippen LogP contribution in [0.4, 0.5) is 0 Å². The molecule has 0 fully saturated rings. The van der Waals surface area contributed by atoms with E-state index in [1.165, 1.54) is 0 Å². The summed E-state index contributed by atoms with van der Waals surface area (Å²) in [5.74, 6) is 0.305. The summed E-state index contributed by atoms with van der Waals surface area (Å²) >= 11 is 0. The SMILES string of the molecule is CCc1nnc(OCCOC(C)(C)C)c(C#N)c1CC. The minimum Gasteiger partial charge on any atom is -0.473 e. The first-order valence-corrected chi connectivity index (χ1v) is 6.98. The van der Waals surface area contributed by atoms with Crippen LogP contribution in [0, 0.1) is 11.3 Å². The fourth-order valence-electron chi connectivity index (χ4n) is 1.86. The number of nitriles is 1. The molecule has 5 nitrogen and oxygen atoms in total. The molecule has 0 N–H and O–H groups in total. The van der Waals surface area contributed by atoms with Crippen molar-refractivity contribution >= 4 is 0 Å². The first-order valence-electron chi connectivity index (χ1n) is 6.98. The van der Waals surface area contributed by atoms with E-state index in [0.717, 1.165) is 24.1 Å². The predicted molar refractivity (Wildman–Crippen MR) is 76.7 cm³/mol. The minimum absolute atomic E-state index is 0.201. The Morgan fingerprint density at radius 1 is 1.10 bits per heavy atom. The summed E-state index contributed by atoms with van der Waals surface area (Å²) in [6.07, 6.45) is 1.51. The van der Waals surface area contributed by atoms with E-state index in [9.17, 15) is 5.26 Å². The normalized spacial score (nSPS) is 11.2. The number of nitrogens with zero attached hydrogens (tertiary/aromatic N) is 3. The van der Waals surface area contributed by atoms with Crippen LogP contribution in [0.3, 0.4) is 0 Å². The van der Waals surface area contributed by atoms with E-state index >= 15 is 0 Å². The standard InChI is InChI=1S/C15H23N3O2/c1-6-11-12(10-16)14(18-17-13(11)7-2)19-8-9-20-15(3,4)5/h6-9H2,1-5H3. The van der Waals surface area contributed by atoms with Crippen molar-refractivity contribution in [3.63, 3.8) is 0 Å². The van der Waals surface area contributed by atoms with Gasteiger partial charge in [-0.15, -0.1) is 5.10 Å². The Hall–Kier alpha value is -1.67. The highest BCUT2D eigenvalue weighted by molar-refractivity contribution is 5.46. The monoisotopic (exact) mass is 277 g/mol. The van der Waals surface area contributed by atoms with Crippen LogP contribution in [0.2, 0.25) is 0 Å². The largest absolute Gasteiger partial charge is 0.473 e. The van der Waals surface area contributed by atoms with Gasteiger partial charge in [0.05, 0.1) is 17.9 Å². The average Bonchev–Trinajstić information content (AvgIpc) is 2.41. The van der Waals surface area contributed by atoms with Gasteiger partial charge in [0.2, 0.25) is 0 Å². The molecule has 20 heavy (non-hydrogen) atoms. The van der Waals surface area contributed by atoms with E-state index < -0.39 is 0 Å². The van der Waals surface area contributed by atoms with Gasteiger partial charge in [0.25, 0.3) is 5.88 Å². The molecule has 0 aromatic carbocycles. The summed E-state index contributed by atoms with van der Waals surface area (Å²) in [6.45, 7) is 10.8. The van der Waals surface area contributed by atoms with Crippen molar-refractivity contribution in [3.8, 4) is 11.9 Å². The smallest absolute Gasteiger partial charge is 0.251 e. The first-order chi connectivity index (χ1) is 9.42. The second kappa shape index (κ2) is 7.20. The summed E-state index contributed by atoms with van der Waals surface area (Å²) in [5, 5.41) is 17.5. The van der Waals surface area contributed by atoms with Crippen molar-refractivity contribution in [2.45, 2.75) is 53.1 Å². The van der Waals surface area contributed by atoms with Crippen molar-refractivity contribution in [1.29, 1.82) is 5.26 Å². The molecule has 0 aliphatic heterocycles. The van der Waals surface area contributed by atoms with Gasteiger partial charge in [-0.2, -0.15) is 10.4 Å². The fraction of sp³-hybridized carbons (Fsp3) is 0.667. The number of aromatic nitrogens is 2. The predicted octanol–water partition coefficient (Wildman–Crippen LogP) is 2.67. The highest BCUT2D eigenvalue weighted by Crippen LogP contribution is 2.21. The lowest BCUT2D eigenvalue weighted by Crippen LogP contribution is -2.23. The van der Waals surface area contributed by atoms with E-state index in [4.69, 9.17) is 9.47 Å². The van der Waals surface area contributed by atoms with Gasteiger partial charge in [-0.3, -0.25) is 0 Å². The van der Waals surface area contributed by atoms with Crippen LogP contribution in [0.1, 0.15) is 51.4 Å². The molecule has 0 aliphatic rings. The van der Waals surface area contributed by atoms with Crippen LogP contribution in [0.15, 0.2) is 0 Å². The topological polar surface area (TPSA) is 68.0 Å². The molecular formula is C15H23N3O2. The molecule has 0 aliphatic carbocycles. The first kappa shape index (κ1) is 16.4. The summed E-state index contributed by atoms with van der Waals surface area (Å²) in [4.78, 5) is 0. The third-order valence-electron chi connectivity index (χ3n) is 2.78. The molecule has 1 aromatic rings. The molecule has 0 radical (unpaired) electrons. The van der Waals surface area contributed by atoms with Gasteiger partial charge in [0.15, 0.2) is 0 Å². The Bertz CT molecular complexity index is 487. The summed E-state index contributed by atoms with van der Waals surface area (Å²) in [7, 11) is 0. The summed E-state index contributed by atoms with van der Waals surface area (Å²) in [6, 6.07) is 2.18. The molecule has 5 heteroatoms. The number of hydrogen-bond donors (Lipinski definition) is 0. The zero-order valence-corrected chi connectivity index (χ0v) is 13.0. The van der Waals surface area contributed by atoms with Gasteiger partial charge >= 0.3 is 0 Å². The molecule has 1 rings (SSSR count). The van der Waals surface area contributed by atoms with Crippen LogP contribution in [-0.2, 0) is 17.6 Å². The number of ether oxygens (including phenoxy) is 2. The molecular weight excluding hydrogens is 254 g/mol. The zero-order chi connectivity index (χ0) is 15.2. The zero-order valence-electron chi connectivity index (χ0n) is 13.0. The maximum absolute atomic E-state index is 9.31. The van der Waals surface area contributed by atoms with Gasteiger partial charge in [-0.25, -0.2) is 0 Å². The van der Waals surface area contributed by atoms with Crippen LogP contribution >= 0.6 is 0 Å². The lowest BCUT2D eigenvalue weighted by molar-refractivity contribution is -0.0169. The summed E-state index contributed by atoms with van der Waals surface area (Å²) < 4.78 is 11.1. The molecule has 0 saturated heterocycles. The van der Waals surface area contributed by atoms with Crippen molar-refractivity contribution in [2.75, 3.05) is 13.2 Å². The lowest BCUT2D eigenvalue weighted by Gasteiger charge is -2.19. The van der Waals surface area contributed by atoms with E-state index in [0.29, 0.717) is 24.7 Å². The van der Waals surface area contributed by atoms with E-state index in [1.54, 1.807) is 0 Å². The fourth-order valence-corrected chi connectivity index (χ4v) is 1.86. The van der Waals surface area contributed by atoms with E-state index in [2.05, 4.69) is 16.3 Å². The van der Waals surface area contributed by atoms with Crippen LogP contribution in [0.25, 0.3) is 0 Å². The van der Waals surface area contributed by atoms with Gasteiger partial charge < -0.3 is 9.47 Å². The van der Waals surface area contributed by atoms with Crippen molar-refractivity contribution in [3.05, 3.63) is 16.8 Å². The highest BCUT2D eigenvalue weighted by Gasteiger charge is 2.16. The van der Waals surface area contributed by atoms with Crippen LogP contribution < -0.4 is 4.74 Å². The molecule has 1 aromatic heterocycles. The Balaban J connectivity index is 2.79. The Morgan fingerprint density at radius 2 is 1.80 bits per heavy atom. The number of aryl methyl sites for hydroxylation is 1. The van der Waals surface area contributed by atoms with Gasteiger partial charge in [-0.1, -0.05) is 13.8 Å². The third-order valence-corrected chi connectivity index (χ3v) is 2.78. The Labute approximate surface area is 120 Å². The van der Waals surface area contributed by atoms with Crippen molar-refractivity contribution in [2.24, 2.45) is 0 Å². The number of rotatable bonds is 6.